The Kier molecular flexibility index (Phi) is 12.7. The third kappa shape index (κ3) is 8.22. The molecule has 0 saturated carbocycles. The van der Waals surface area contributed by atoms with Gasteiger partial charge < -0.3 is 9.47 Å². The quantitative estimate of drug-likeness (QED) is 0.0745. The smallest absolute Gasteiger partial charge is 0.380 e. The molecule has 2 aromatic heterocycles. The van der Waals surface area contributed by atoms with Crippen LogP contribution in [0.3, 0.4) is 0 Å². The first-order chi connectivity index (χ1) is 24.3. The highest BCUT2D eigenvalue weighted by Gasteiger charge is 2.80. The molecule has 2 nitrogen and oxygen atoms in total. The second-order valence-corrected chi connectivity index (χ2v) is 15.7. The van der Waals surface area contributed by atoms with Gasteiger partial charge in [0, 0.05) is 30.7 Å². The van der Waals surface area contributed by atoms with Crippen LogP contribution in [0.25, 0.3) is 32.0 Å². The van der Waals surface area contributed by atoms with E-state index in [1.807, 2.05) is 0 Å². The van der Waals surface area contributed by atoms with E-state index >= 15 is 26.3 Å². The van der Waals surface area contributed by atoms with Gasteiger partial charge in [-0.3, -0.25) is 0 Å². The van der Waals surface area contributed by atoms with Gasteiger partial charge in [-0.2, -0.15) is 26.3 Å². The predicted molar refractivity (Wildman–Crippen MR) is 199 cm³/mol. The van der Waals surface area contributed by atoms with E-state index in [9.17, 15) is 0 Å². The van der Waals surface area contributed by atoms with Crippen LogP contribution in [-0.4, -0.2) is 31.0 Å². The Bertz CT molecular complexity index is 1640. The third-order valence-electron chi connectivity index (χ3n) is 9.35. The van der Waals surface area contributed by atoms with Gasteiger partial charge in [0.05, 0.1) is 13.2 Å². The van der Waals surface area contributed by atoms with Crippen molar-refractivity contribution in [2.45, 2.75) is 110 Å². The van der Waals surface area contributed by atoms with Gasteiger partial charge in [0.1, 0.15) is 11.5 Å². The van der Waals surface area contributed by atoms with Crippen molar-refractivity contribution in [3.8, 4) is 32.4 Å². The second kappa shape index (κ2) is 16.6. The standard InChI is InChI=1S/C41H46F6O2S2/c1-5-7-9-11-13-23-48-31-19-15-29(16-20-31)35-25-33(27(3)50-35)37-38(40(44,45)41(46,47)39(37,42)43)34-26-36(51-28(34)4)30-17-21-32(22-18-30)49-24-14-12-10-8-6-2/h15-22,25-26H,5-14,23-24H2,1-4H3. The summed E-state index contributed by atoms with van der Waals surface area (Å²) in [6.45, 7) is 8.45. The number of aryl methyl sites for hydroxylation is 2. The van der Waals surface area contributed by atoms with Crippen LogP contribution in [0, 0.1) is 13.8 Å². The van der Waals surface area contributed by atoms with Crippen LogP contribution in [0.5, 0.6) is 11.5 Å². The van der Waals surface area contributed by atoms with Crippen molar-refractivity contribution in [1.29, 1.82) is 0 Å². The number of hydrogen-bond donors (Lipinski definition) is 0. The summed E-state index contributed by atoms with van der Waals surface area (Å²) in [5.41, 5.74) is -1.97. The van der Waals surface area contributed by atoms with Gasteiger partial charge in [-0.1, -0.05) is 65.2 Å². The molecule has 0 unspecified atom stereocenters. The van der Waals surface area contributed by atoms with Gasteiger partial charge in [-0.05, 0) is 110 Å². The number of ether oxygens (including phenoxy) is 2. The number of alkyl halides is 6. The summed E-state index contributed by atoms with van der Waals surface area (Å²) in [5, 5.41) is 0. The van der Waals surface area contributed by atoms with Crippen LogP contribution in [0.2, 0.25) is 0 Å². The summed E-state index contributed by atoms with van der Waals surface area (Å²) in [7, 11) is 0. The van der Waals surface area contributed by atoms with Gasteiger partial charge in [0.2, 0.25) is 0 Å². The Morgan fingerprint density at radius 2 is 0.863 bits per heavy atom. The maximum absolute atomic E-state index is 15.7. The zero-order valence-electron chi connectivity index (χ0n) is 29.7. The van der Waals surface area contributed by atoms with E-state index in [-0.39, 0.29) is 20.9 Å². The molecule has 0 bridgehead atoms. The Balaban J connectivity index is 1.42. The largest absolute Gasteiger partial charge is 0.494 e. The minimum absolute atomic E-state index is 0.243. The Labute approximate surface area is 305 Å². The number of rotatable bonds is 18. The van der Waals surface area contributed by atoms with E-state index in [2.05, 4.69) is 13.8 Å². The second-order valence-electron chi connectivity index (χ2n) is 13.2. The SMILES string of the molecule is CCCCCCCOc1ccc(-c2cc(C3=C(c4cc(-c5ccc(OCCCCCCC)cc5)sc4C)C(F)(F)C(F)(F)C3(F)F)c(C)s2)cc1. The number of halogens is 6. The number of thiophene rings is 2. The lowest BCUT2D eigenvalue weighted by Gasteiger charge is -2.25. The summed E-state index contributed by atoms with van der Waals surface area (Å²) in [5.74, 6) is -14.6. The van der Waals surface area contributed by atoms with Gasteiger partial charge in [0.15, 0.2) is 0 Å². The third-order valence-corrected chi connectivity index (χ3v) is 11.6. The molecule has 2 aromatic carbocycles. The lowest BCUT2D eigenvalue weighted by molar-refractivity contribution is -0.254. The lowest BCUT2D eigenvalue weighted by Crippen LogP contribution is -2.48. The van der Waals surface area contributed by atoms with Crippen molar-refractivity contribution >= 4 is 33.8 Å². The number of unbranched alkanes of at least 4 members (excludes halogenated alkanes) is 8. The Morgan fingerprint density at radius 3 is 1.22 bits per heavy atom. The molecule has 0 spiro atoms. The van der Waals surface area contributed by atoms with Gasteiger partial charge in [0.25, 0.3) is 0 Å². The molecule has 1 aliphatic carbocycles. The van der Waals surface area contributed by atoms with E-state index in [1.165, 1.54) is 38.8 Å². The Morgan fingerprint density at radius 1 is 0.510 bits per heavy atom. The number of benzene rings is 2. The highest BCUT2D eigenvalue weighted by Crippen LogP contribution is 2.66. The fourth-order valence-electron chi connectivity index (χ4n) is 6.40. The molecule has 276 valence electrons. The van der Waals surface area contributed by atoms with Crippen LogP contribution in [0.1, 0.15) is 98.9 Å². The number of allylic oxidation sites excluding steroid dienone is 2. The molecule has 5 rings (SSSR count). The molecule has 1 aliphatic rings. The van der Waals surface area contributed by atoms with E-state index in [1.54, 1.807) is 48.5 Å². The maximum Gasteiger partial charge on any atom is 0.380 e. The fourth-order valence-corrected chi connectivity index (χ4v) is 8.46. The zero-order valence-corrected chi connectivity index (χ0v) is 31.3. The minimum Gasteiger partial charge on any atom is -0.494 e. The topological polar surface area (TPSA) is 18.5 Å². The van der Waals surface area contributed by atoms with Crippen molar-refractivity contribution in [2.24, 2.45) is 0 Å². The molecule has 0 amide bonds. The minimum atomic E-state index is -5.63. The van der Waals surface area contributed by atoms with Gasteiger partial charge >= 0.3 is 17.8 Å². The molecule has 10 heteroatoms. The summed E-state index contributed by atoms with van der Waals surface area (Å²) in [4.78, 5) is 1.49. The molecule has 4 aromatic rings. The first-order valence-electron chi connectivity index (χ1n) is 17.9. The molecule has 51 heavy (non-hydrogen) atoms. The molecular formula is C41H46F6O2S2. The average molecular weight is 749 g/mol. The summed E-state index contributed by atoms with van der Waals surface area (Å²) < 4.78 is 105. The first kappa shape index (κ1) is 39.0. The summed E-state index contributed by atoms with van der Waals surface area (Å²) >= 11 is 2.20. The van der Waals surface area contributed by atoms with Crippen LogP contribution in [-0.2, 0) is 0 Å². The number of hydrogen-bond acceptors (Lipinski definition) is 4. The summed E-state index contributed by atoms with van der Waals surface area (Å²) in [6.07, 6.45) is 11.0. The van der Waals surface area contributed by atoms with E-state index in [4.69, 9.17) is 9.47 Å². The van der Waals surface area contributed by atoms with Crippen molar-refractivity contribution in [3.63, 3.8) is 0 Å². The maximum atomic E-state index is 15.7. The monoisotopic (exact) mass is 748 g/mol. The molecule has 0 saturated heterocycles. The predicted octanol–water partition coefficient (Wildman–Crippen LogP) is 14.3. The molecule has 2 heterocycles. The van der Waals surface area contributed by atoms with E-state index in [0.717, 1.165) is 74.0 Å². The van der Waals surface area contributed by atoms with Crippen LogP contribution in [0.15, 0.2) is 60.7 Å². The Hall–Kier alpha value is -3.24. The van der Waals surface area contributed by atoms with Crippen LogP contribution >= 0.6 is 22.7 Å². The molecule has 0 N–H and O–H groups in total. The zero-order chi connectivity index (χ0) is 36.8. The van der Waals surface area contributed by atoms with Gasteiger partial charge in [-0.15, -0.1) is 22.7 Å². The molecule has 0 radical (unpaired) electrons. The van der Waals surface area contributed by atoms with Gasteiger partial charge in [-0.25, -0.2) is 0 Å². The average Bonchev–Trinajstić information content (AvgIpc) is 3.70. The highest BCUT2D eigenvalue weighted by atomic mass is 32.1. The lowest BCUT2D eigenvalue weighted by atomic mass is 9.94. The molecule has 0 aliphatic heterocycles. The van der Waals surface area contributed by atoms with Crippen LogP contribution in [0.4, 0.5) is 26.3 Å². The molecule has 0 atom stereocenters. The van der Waals surface area contributed by atoms with Crippen molar-refractivity contribution in [1.82, 2.24) is 0 Å². The molecule has 0 fully saturated rings. The summed E-state index contributed by atoms with van der Waals surface area (Å²) in [6, 6.07) is 16.7. The van der Waals surface area contributed by atoms with Crippen molar-refractivity contribution in [2.75, 3.05) is 13.2 Å². The van der Waals surface area contributed by atoms with Crippen molar-refractivity contribution in [3.05, 3.63) is 81.5 Å². The normalized spacial score (nSPS) is 16.2. The van der Waals surface area contributed by atoms with E-state index in [0.29, 0.717) is 45.6 Å². The van der Waals surface area contributed by atoms with Crippen LogP contribution < -0.4 is 9.47 Å². The first-order valence-corrected chi connectivity index (χ1v) is 19.5. The fraction of sp³-hybridized carbons (Fsp3) is 0.463. The highest BCUT2D eigenvalue weighted by molar-refractivity contribution is 7.16. The van der Waals surface area contributed by atoms with E-state index < -0.39 is 28.9 Å². The van der Waals surface area contributed by atoms with Crippen molar-refractivity contribution < 1.29 is 35.8 Å². The molecular weight excluding hydrogens is 703 g/mol.